The van der Waals surface area contributed by atoms with Crippen LogP contribution in [0.4, 0.5) is 0 Å². The number of amides is 1. The summed E-state index contributed by atoms with van der Waals surface area (Å²) in [4.78, 5) is 13.8. The molecular formula is C16H24N2O3. The number of hydrogen-bond acceptors (Lipinski definition) is 4. The van der Waals surface area contributed by atoms with E-state index in [0.717, 1.165) is 29.9 Å². The normalized spacial score (nSPS) is 14.6. The van der Waals surface area contributed by atoms with Crippen LogP contribution in [0.3, 0.4) is 0 Å². The molecule has 2 rings (SSSR count). The van der Waals surface area contributed by atoms with Crippen LogP contribution in [0.5, 0.6) is 11.5 Å². The second-order valence-electron chi connectivity index (χ2n) is 5.60. The monoisotopic (exact) mass is 292 g/mol. The predicted octanol–water partition coefficient (Wildman–Crippen LogP) is 1.93. The van der Waals surface area contributed by atoms with E-state index in [1.807, 2.05) is 32.2 Å². The van der Waals surface area contributed by atoms with Gasteiger partial charge in [-0.1, -0.05) is 6.07 Å². The van der Waals surface area contributed by atoms with Crippen molar-refractivity contribution in [3.63, 3.8) is 0 Å². The number of ether oxygens (including phenoxy) is 2. The van der Waals surface area contributed by atoms with Crippen molar-refractivity contribution in [3.8, 4) is 11.5 Å². The standard InChI is InChI=1S/C16H24N2O3/c1-12(17)4-3-5-16(19)18(2)11-13-6-7-14-15(10-13)21-9-8-20-14/h6-7,10,12H,3-5,8-9,11,17H2,1-2H3. The van der Waals surface area contributed by atoms with Crippen LogP contribution in [0, 0.1) is 0 Å². The van der Waals surface area contributed by atoms with Crippen LogP contribution in [0.25, 0.3) is 0 Å². The van der Waals surface area contributed by atoms with Crippen LogP contribution in [0.15, 0.2) is 18.2 Å². The first-order valence-electron chi connectivity index (χ1n) is 7.44. The fourth-order valence-corrected chi connectivity index (χ4v) is 2.31. The second kappa shape index (κ2) is 7.31. The zero-order chi connectivity index (χ0) is 15.2. The number of nitrogens with zero attached hydrogens (tertiary/aromatic N) is 1. The topological polar surface area (TPSA) is 64.8 Å². The lowest BCUT2D eigenvalue weighted by Gasteiger charge is -2.21. The molecule has 0 saturated heterocycles. The van der Waals surface area contributed by atoms with Crippen molar-refractivity contribution in [3.05, 3.63) is 23.8 Å². The van der Waals surface area contributed by atoms with Gasteiger partial charge < -0.3 is 20.1 Å². The van der Waals surface area contributed by atoms with Crippen molar-refractivity contribution in [2.24, 2.45) is 5.73 Å². The Morgan fingerprint density at radius 1 is 1.33 bits per heavy atom. The summed E-state index contributed by atoms with van der Waals surface area (Å²) in [6, 6.07) is 5.97. The van der Waals surface area contributed by atoms with E-state index in [1.165, 1.54) is 0 Å². The highest BCUT2D eigenvalue weighted by Crippen LogP contribution is 2.31. The third-order valence-corrected chi connectivity index (χ3v) is 3.50. The van der Waals surface area contributed by atoms with Crippen LogP contribution < -0.4 is 15.2 Å². The maximum absolute atomic E-state index is 12.0. The van der Waals surface area contributed by atoms with Crippen LogP contribution in [0.1, 0.15) is 31.7 Å². The zero-order valence-corrected chi connectivity index (χ0v) is 12.8. The summed E-state index contributed by atoms with van der Waals surface area (Å²) >= 11 is 0. The summed E-state index contributed by atoms with van der Waals surface area (Å²) in [5.41, 5.74) is 6.74. The molecule has 1 amide bonds. The maximum atomic E-state index is 12.0. The Bertz CT molecular complexity index is 488. The summed E-state index contributed by atoms with van der Waals surface area (Å²) in [6.07, 6.45) is 2.26. The molecule has 0 fully saturated rings. The Hall–Kier alpha value is -1.75. The van der Waals surface area contributed by atoms with Crippen LogP contribution in [0.2, 0.25) is 0 Å². The summed E-state index contributed by atoms with van der Waals surface area (Å²) in [5.74, 6) is 1.68. The van der Waals surface area contributed by atoms with E-state index >= 15 is 0 Å². The molecule has 116 valence electrons. The van der Waals surface area contributed by atoms with Gasteiger partial charge in [-0.25, -0.2) is 0 Å². The van der Waals surface area contributed by atoms with Gasteiger partial charge in [-0.15, -0.1) is 0 Å². The predicted molar refractivity (Wildman–Crippen MR) is 81.4 cm³/mol. The highest BCUT2D eigenvalue weighted by Gasteiger charge is 2.14. The maximum Gasteiger partial charge on any atom is 0.222 e. The number of carbonyl (C=O) groups is 1. The molecule has 0 aromatic heterocycles. The van der Waals surface area contributed by atoms with Crippen LogP contribution >= 0.6 is 0 Å². The van der Waals surface area contributed by atoms with Gasteiger partial charge in [0.2, 0.25) is 5.91 Å². The van der Waals surface area contributed by atoms with E-state index in [2.05, 4.69) is 0 Å². The minimum Gasteiger partial charge on any atom is -0.486 e. The molecule has 1 aromatic rings. The average Bonchev–Trinajstić information content (AvgIpc) is 2.46. The Labute approximate surface area is 126 Å². The first-order chi connectivity index (χ1) is 10.1. The molecule has 5 heteroatoms. The first-order valence-corrected chi connectivity index (χ1v) is 7.44. The van der Waals surface area contributed by atoms with Crippen molar-refractivity contribution >= 4 is 5.91 Å². The Morgan fingerprint density at radius 2 is 2.05 bits per heavy atom. The van der Waals surface area contributed by atoms with Gasteiger partial charge in [-0.05, 0) is 37.5 Å². The Kier molecular flexibility index (Phi) is 5.44. The van der Waals surface area contributed by atoms with Gasteiger partial charge in [-0.3, -0.25) is 4.79 Å². The second-order valence-corrected chi connectivity index (χ2v) is 5.60. The van der Waals surface area contributed by atoms with Crippen molar-refractivity contribution in [1.82, 2.24) is 4.90 Å². The van der Waals surface area contributed by atoms with Gasteiger partial charge in [0.25, 0.3) is 0 Å². The van der Waals surface area contributed by atoms with Gasteiger partial charge in [-0.2, -0.15) is 0 Å². The largest absolute Gasteiger partial charge is 0.486 e. The van der Waals surface area contributed by atoms with E-state index in [0.29, 0.717) is 26.2 Å². The highest BCUT2D eigenvalue weighted by atomic mass is 16.6. The third-order valence-electron chi connectivity index (χ3n) is 3.50. The molecule has 0 spiro atoms. The molecule has 1 aromatic carbocycles. The number of carbonyl (C=O) groups excluding carboxylic acids is 1. The van der Waals surface area contributed by atoms with Crippen molar-refractivity contribution in [2.45, 2.75) is 38.8 Å². The lowest BCUT2D eigenvalue weighted by molar-refractivity contribution is -0.130. The van der Waals surface area contributed by atoms with E-state index in [1.54, 1.807) is 4.90 Å². The molecular weight excluding hydrogens is 268 g/mol. The number of nitrogens with two attached hydrogens (primary N) is 1. The quantitative estimate of drug-likeness (QED) is 0.870. The fraction of sp³-hybridized carbons (Fsp3) is 0.562. The zero-order valence-electron chi connectivity index (χ0n) is 12.8. The molecule has 21 heavy (non-hydrogen) atoms. The van der Waals surface area contributed by atoms with E-state index < -0.39 is 0 Å². The summed E-state index contributed by atoms with van der Waals surface area (Å²) in [5, 5.41) is 0. The van der Waals surface area contributed by atoms with Gasteiger partial charge in [0.15, 0.2) is 11.5 Å². The first kappa shape index (κ1) is 15.6. The van der Waals surface area contributed by atoms with Gasteiger partial charge in [0.1, 0.15) is 13.2 Å². The number of fused-ring (bicyclic) bond motifs is 1. The van der Waals surface area contributed by atoms with Crippen LogP contribution in [-0.2, 0) is 11.3 Å². The Balaban J connectivity index is 1.87. The molecule has 0 bridgehead atoms. The van der Waals surface area contributed by atoms with Gasteiger partial charge >= 0.3 is 0 Å². The summed E-state index contributed by atoms with van der Waals surface area (Å²) in [7, 11) is 1.82. The minimum absolute atomic E-state index is 0.144. The SMILES string of the molecule is CC(N)CCCC(=O)N(C)Cc1ccc2c(c1)OCCO2. The molecule has 1 heterocycles. The molecule has 1 aliphatic heterocycles. The van der Waals surface area contributed by atoms with Crippen LogP contribution in [-0.4, -0.2) is 37.1 Å². The molecule has 0 saturated carbocycles. The van der Waals surface area contributed by atoms with Crippen molar-refractivity contribution in [2.75, 3.05) is 20.3 Å². The minimum atomic E-state index is 0.144. The van der Waals surface area contributed by atoms with E-state index in [4.69, 9.17) is 15.2 Å². The molecule has 0 aliphatic carbocycles. The highest BCUT2D eigenvalue weighted by molar-refractivity contribution is 5.75. The summed E-state index contributed by atoms with van der Waals surface area (Å²) < 4.78 is 11.0. The lowest BCUT2D eigenvalue weighted by Crippen LogP contribution is -2.26. The average molecular weight is 292 g/mol. The molecule has 1 aliphatic rings. The number of rotatable bonds is 6. The molecule has 1 atom stereocenters. The number of benzene rings is 1. The summed E-state index contributed by atoms with van der Waals surface area (Å²) in [6.45, 7) is 3.70. The molecule has 2 N–H and O–H groups in total. The third kappa shape index (κ3) is 4.63. The van der Waals surface area contributed by atoms with Gasteiger partial charge in [0, 0.05) is 26.1 Å². The number of hydrogen-bond donors (Lipinski definition) is 1. The van der Waals surface area contributed by atoms with Gasteiger partial charge in [0.05, 0.1) is 0 Å². The molecule has 1 unspecified atom stereocenters. The molecule has 5 nitrogen and oxygen atoms in total. The van der Waals surface area contributed by atoms with Crippen molar-refractivity contribution < 1.29 is 14.3 Å². The lowest BCUT2D eigenvalue weighted by atomic mass is 10.1. The Morgan fingerprint density at radius 3 is 2.76 bits per heavy atom. The van der Waals surface area contributed by atoms with E-state index in [9.17, 15) is 4.79 Å². The van der Waals surface area contributed by atoms with E-state index in [-0.39, 0.29) is 11.9 Å². The van der Waals surface area contributed by atoms with Crippen molar-refractivity contribution in [1.29, 1.82) is 0 Å². The fourth-order valence-electron chi connectivity index (χ4n) is 2.31. The molecule has 0 radical (unpaired) electrons. The smallest absolute Gasteiger partial charge is 0.222 e.